The van der Waals surface area contributed by atoms with Crippen molar-refractivity contribution in [2.45, 2.75) is 44.7 Å². The van der Waals surface area contributed by atoms with E-state index in [4.69, 9.17) is 4.74 Å². The van der Waals surface area contributed by atoms with E-state index in [1.807, 2.05) is 28.9 Å². The molecule has 7 nitrogen and oxygen atoms in total. The predicted octanol–water partition coefficient (Wildman–Crippen LogP) is 3.61. The Morgan fingerprint density at radius 2 is 2.07 bits per heavy atom. The molecule has 0 bridgehead atoms. The number of aromatic nitrogens is 4. The van der Waals surface area contributed by atoms with Crippen LogP contribution in [0, 0.1) is 0 Å². The highest BCUT2D eigenvalue weighted by atomic mass is 16.5. The summed E-state index contributed by atoms with van der Waals surface area (Å²) in [6, 6.07) is 8.12. The van der Waals surface area contributed by atoms with E-state index in [-0.39, 0.29) is 5.91 Å². The maximum atomic E-state index is 12.9. The fourth-order valence-electron chi connectivity index (χ4n) is 3.93. The normalized spacial score (nSPS) is 14.9. The SMILES string of the molecule is COc1ccc(CN(C)C(=O)c2cn(C3CCCCC3)nn2)c2cccnc12. The molecule has 0 radical (unpaired) electrons. The molecule has 0 unspecified atom stereocenters. The number of nitrogens with zero attached hydrogens (tertiary/aromatic N) is 5. The van der Waals surface area contributed by atoms with Crippen LogP contribution in [0.5, 0.6) is 5.75 Å². The van der Waals surface area contributed by atoms with E-state index >= 15 is 0 Å². The molecule has 1 aromatic carbocycles. The molecule has 1 amide bonds. The fourth-order valence-corrected chi connectivity index (χ4v) is 3.93. The predicted molar refractivity (Wildman–Crippen MR) is 106 cm³/mol. The minimum Gasteiger partial charge on any atom is -0.494 e. The average molecular weight is 379 g/mol. The Morgan fingerprint density at radius 1 is 1.25 bits per heavy atom. The number of ether oxygens (including phenoxy) is 1. The maximum Gasteiger partial charge on any atom is 0.276 e. The first-order chi connectivity index (χ1) is 13.7. The number of carbonyl (C=O) groups excluding carboxylic acids is 1. The van der Waals surface area contributed by atoms with Crippen molar-refractivity contribution < 1.29 is 9.53 Å². The van der Waals surface area contributed by atoms with E-state index in [1.54, 1.807) is 31.5 Å². The second kappa shape index (κ2) is 7.96. The monoisotopic (exact) mass is 379 g/mol. The van der Waals surface area contributed by atoms with Gasteiger partial charge >= 0.3 is 0 Å². The molecule has 1 saturated carbocycles. The molecular formula is C21H25N5O2. The molecule has 1 aliphatic rings. The lowest BCUT2D eigenvalue weighted by Gasteiger charge is -2.21. The van der Waals surface area contributed by atoms with Gasteiger partial charge in [-0.25, -0.2) is 4.68 Å². The van der Waals surface area contributed by atoms with Crippen molar-refractivity contribution >= 4 is 16.8 Å². The van der Waals surface area contributed by atoms with Crippen molar-refractivity contribution in [3.05, 3.63) is 47.9 Å². The summed E-state index contributed by atoms with van der Waals surface area (Å²) in [6.07, 6.45) is 9.47. The zero-order valence-electron chi connectivity index (χ0n) is 16.3. The van der Waals surface area contributed by atoms with Gasteiger partial charge in [-0.1, -0.05) is 36.6 Å². The Kier molecular flexibility index (Phi) is 5.23. The zero-order valence-corrected chi connectivity index (χ0v) is 16.3. The lowest BCUT2D eigenvalue weighted by molar-refractivity contribution is 0.0779. The van der Waals surface area contributed by atoms with Crippen LogP contribution in [-0.2, 0) is 6.54 Å². The highest BCUT2D eigenvalue weighted by Crippen LogP contribution is 2.28. The Balaban J connectivity index is 1.52. The second-order valence-corrected chi connectivity index (χ2v) is 7.36. The summed E-state index contributed by atoms with van der Waals surface area (Å²) in [6.45, 7) is 0.460. The molecule has 1 fully saturated rings. The molecule has 0 spiro atoms. The largest absolute Gasteiger partial charge is 0.494 e. The van der Waals surface area contributed by atoms with Crippen LogP contribution in [0.15, 0.2) is 36.7 Å². The molecule has 2 heterocycles. The Bertz CT molecular complexity index is 978. The van der Waals surface area contributed by atoms with E-state index in [9.17, 15) is 4.79 Å². The van der Waals surface area contributed by atoms with Crippen molar-refractivity contribution in [1.29, 1.82) is 0 Å². The highest BCUT2D eigenvalue weighted by Gasteiger charge is 2.21. The summed E-state index contributed by atoms with van der Waals surface area (Å²) in [7, 11) is 3.42. The van der Waals surface area contributed by atoms with Crippen LogP contribution in [0.2, 0.25) is 0 Å². The number of benzene rings is 1. The summed E-state index contributed by atoms with van der Waals surface area (Å²) in [5.41, 5.74) is 2.20. The van der Waals surface area contributed by atoms with E-state index in [1.165, 1.54) is 19.3 Å². The summed E-state index contributed by atoms with van der Waals surface area (Å²) in [4.78, 5) is 19.0. The smallest absolute Gasteiger partial charge is 0.276 e. The van der Waals surface area contributed by atoms with Crippen LogP contribution in [-0.4, -0.2) is 44.9 Å². The number of hydrogen-bond donors (Lipinski definition) is 0. The minimum absolute atomic E-state index is 0.130. The fraction of sp³-hybridized carbons (Fsp3) is 0.429. The maximum absolute atomic E-state index is 12.9. The molecule has 0 saturated heterocycles. The standard InChI is InChI=1S/C21H25N5O2/c1-25(13-15-10-11-19(28-2)20-17(15)9-6-12-22-20)21(27)18-14-26(24-23-18)16-7-4-3-5-8-16/h6,9-12,14,16H,3-5,7-8,13H2,1-2H3. The first-order valence-electron chi connectivity index (χ1n) is 9.75. The van der Waals surface area contributed by atoms with Crippen LogP contribution < -0.4 is 4.74 Å². The van der Waals surface area contributed by atoms with Crippen LogP contribution in [0.3, 0.4) is 0 Å². The summed E-state index contributed by atoms with van der Waals surface area (Å²) >= 11 is 0. The van der Waals surface area contributed by atoms with Crippen molar-refractivity contribution in [2.75, 3.05) is 14.2 Å². The van der Waals surface area contributed by atoms with Gasteiger partial charge in [-0.15, -0.1) is 5.10 Å². The quantitative estimate of drug-likeness (QED) is 0.677. The minimum atomic E-state index is -0.130. The van der Waals surface area contributed by atoms with Crippen molar-refractivity contribution in [3.8, 4) is 5.75 Å². The van der Waals surface area contributed by atoms with Gasteiger partial charge in [0.2, 0.25) is 0 Å². The van der Waals surface area contributed by atoms with Gasteiger partial charge in [-0.3, -0.25) is 9.78 Å². The molecule has 0 aliphatic heterocycles. The molecule has 1 aliphatic carbocycles. The number of hydrogen-bond acceptors (Lipinski definition) is 5. The summed E-state index contributed by atoms with van der Waals surface area (Å²) in [5, 5.41) is 9.33. The van der Waals surface area contributed by atoms with Gasteiger partial charge in [0.15, 0.2) is 5.69 Å². The Labute approximate surface area is 164 Å². The number of rotatable bonds is 5. The molecule has 4 rings (SSSR count). The summed E-state index contributed by atoms with van der Waals surface area (Å²) < 4.78 is 7.27. The molecule has 2 aromatic heterocycles. The number of pyridine rings is 1. The number of amides is 1. The number of methoxy groups -OCH3 is 1. The highest BCUT2D eigenvalue weighted by molar-refractivity contribution is 5.92. The third kappa shape index (κ3) is 3.56. The summed E-state index contributed by atoms with van der Waals surface area (Å²) in [5.74, 6) is 0.596. The average Bonchev–Trinajstić information content (AvgIpc) is 3.24. The first-order valence-corrected chi connectivity index (χ1v) is 9.75. The molecule has 7 heteroatoms. The third-order valence-corrected chi connectivity index (χ3v) is 5.48. The van der Waals surface area contributed by atoms with Crippen LogP contribution in [0.4, 0.5) is 0 Å². The molecule has 0 atom stereocenters. The van der Waals surface area contributed by atoms with E-state index in [2.05, 4.69) is 15.3 Å². The van der Waals surface area contributed by atoms with Gasteiger partial charge < -0.3 is 9.64 Å². The molecular weight excluding hydrogens is 354 g/mol. The van der Waals surface area contributed by atoms with E-state index in [0.29, 0.717) is 18.3 Å². The Morgan fingerprint density at radius 3 is 2.86 bits per heavy atom. The Hall–Kier alpha value is -2.96. The van der Waals surface area contributed by atoms with Crippen molar-refractivity contribution in [2.24, 2.45) is 0 Å². The van der Waals surface area contributed by atoms with Gasteiger partial charge in [-0.05, 0) is 30.5 Å². The van der Waals surface area contributed by atoms with Gasteiger partial charge in [0.25, 0.3) is 5.91 Å². The zero-order chi connectivity index (χ0) is 19.5. The molecule has 3 aromatic rings. The van der Waals surface area contributed by atoms with Gasteiger partial charge in [0.05, 0.1) is 19.3 Å². The second-order valence-electron chi connectivity index (χ2n) is 7.36. The van der Waals surface area contributed by atoms with Crippen molar-refractivity contribution in [3.63, 3.8) is 0 Å². The lowest BCUT2D eigenvalue weighted by Crippen LogP contribution is -2.26. The third-order valence-electron chi connectivity index (χ3n) is 5.48. The lowest BCUT2D eigenvalue weighted by atomic mass is 9.96. The number of carbonyl (C=O) groups is 1. The van der Waals surface area contributed by atoms with E-state index < -0.39 is 0 Å². The van der Waals surface area contributed by atoms with E-state index in [0.717, 1.165) is 35.1 Å². The molecule has 28 heavy (non-hydrogen) atoms. The molecule has 0 N–H and O–H groups in total. The first kappa shape index (κ1) is 18.4. The van der Waals surface area contributed by atoms with Crippen LogP contribution in [0.1, 0.15) is 54.2 Å². The molecule has 146 valence electrons. The van der Waals surface area contributed by atoms with Gasteiger partial charge in [-0.2, -0.15) is 0 Å². The topological polar surface area (TPSA) is 73.1 Å². The van der Waals surface area contributed by atoms with Crippen LogP contribution in [0.25, 0.3) is 10.9 Å². The van der Waals surface area contributed by atoms with Gasteiger partial charge in [0, 0.05) is 25.2 Å². The van der Waals surface area contributed by atoms with Crippen LogP contribution >= 0.6 is 0 Å². The van der Waals surface area contributed by atoms with Gasteiger partial charge in [0.1, 0.15) is 11.3 Å². The van der Waals surface area contributed by atoms with Crippen molar-refractivity contribution in [1.82, 2.24) is 24.9 Å². The number of fused-ring (bicyclic) bond motifs is 1.